The monoisotopic (exact) mass is 383 g/mol. The number of halogens is 2. The van der Waals surface area contributed by atoms with Crippen LogP contribution in [0.1, 0.15) is 12.5 Å². The van der Waals surface area contributed by atoms with Crippen molar-refractivity contribution in [3.8, 4) is 17.2 Å². The largest absolute Gasteiger partial charge is 0.493 e. The maximum atomic E-state index is 12.2. The van der Waals surface area contributed by atoms with Crippen LogP contribution in [0.3, 0.4) is 0 Å². The lowest BCUT2D eigenvalue weighted by atomic mass is 10.2. The van der Waals surface area contributed by atoms with E-state index in [1.54, 1.807) is 51.5 Å². The van der Waals surface area contributed by atoms with E-state index in [2.05, 4.69) is 5.32 Å². The van der Waals surface area contributed by atoms with Gasteiger partial charge in [0, 0.05) is 16.6 Å². The van der Waals surface area contributed by atoms with Gasteiger partial charge in [0.25, 0.3) is 5.91 Å². The minimum atomic E-state index is -0.699. The first-order valence-electron chi connectivity index (χ1n) is 7.54. The van der Waals surface area contributed by atoms with Crippen molar-refractivity contribution in [3.05, 3.63) is 52.0 Å². The average molecular weight is 384 g/mol. The molecule has 5 nitrogen and oxygen atoms in total. The molecule has 1 amide bonds. The third kappa shape index (κ3) is 5.44. The second kappa shape index (κ2) is 8.83. The Morgan fingerprint density at radius 1 is 1.04 bits per heavy atom. The zero-order valence-corrected chi connectivity index (χ0v) is 15.6. The highest BCUT2D eigenvalue weighted by atomic mass is 35.5. The molecule has 0 aromatic heterocycles. The van der Waals surface area contributed by atoms with E-state index in [1.807, 2.05) is 6.07 Å². The number of carbonyl (C=O) groups is 1. The van der Waals surface area contributed by atoms with E-state index in [0.717, 1.165) is 5.56 Å². The molecule has 134 valence electrons. The third-order valence-electron chi connectivity index (χ3n) is 3.43. The fourth-order valence-electron chi connectivity index (χ4n) is 2.18. The Morgan fingerprint density at radius 3 is 2.28 bits per heavy atom. The molecule has 0 saturated carbocycles. The highest BCUT2D eigenvalue weighted by Crippen LogP contribution is 2.27. The van der Waals surface area contributed by atoms with Crippen LogP contribution in [0, 0.1) is 0 Å². The Kier molecular flexibility index (Phi) is 6.79. The summed E-state index contributed by atoms with van der Waals surface area (Å²) in [5, 5.41) is 3.70. The number of hydrogen-bond acceptors (Lipinski definition) is 4. The fraction of sp³-hybridized carbons (Fsp3) is 0.278. The molecule has 0 aliphatic heterocycles. The van der Waals surface area contributed by atoms with Gasteiger partial charge in [0.05, 0.1) is 14.2 Å². The van der Waals surface area contributed by atoms with E-state index in [9.17, 15) is 4.79 Å². The molecule has 1 unspecified atom stereocenters. The molecule has 0 aliphatic rings. The van der Waals surface area contributed by atoms with Crippen molar-refractivity contribution < 1.29 is 19.0 Å². The van der Waals surface area contributed by atoms with Crippen molar-refractivity contribution in [1.82, 2.24) is 5.32 Å². The van der Waals surface area contributed by atoms with Gasteiger partial charge >= 0.3 is 0 Å². The maximum absolute atomic E-state index is 12.2. The first-order valence-corrected chi connectivity index (χ1v) is 8.30. The Morgan fingerprint density at radius 2 is 1.68 bits per heavy atom. The Labute approximate surface area is 156 Å². The van der Waals surface area contributed by atoms with Gasteiger partial charge in [0.2, 0.25) is 0 Å². The van der Waals surface area contributed by atoms with Gasteiger partial charge in [-0.25, -0.2) is 0 Å². The molecule has 2 aromatic carbocycles. The summed E-state index contributed by atoms with van der Waals surface area (Å²) >= 11 is 11.8. The van der Waals surface area contributed by atoms with Crippen molar-refractivity contribution in [1.29, 1.82) is 0 Å². The molecule has 0 aliphatic carbocycles. The molecule has 25 heavy (non-hydrogen) atoms. The summed E-state index contributed by atoms with van der Waals surface area (Å²) in [4.78, 5) is 12.2. The number of ether oxygens (including phenoxy) is 3. The minimum absolute atomic E-state index is 0.258. The molecule has 0 heterocycles. The molecular formula is C18H19Cl2NO4. The lowest BCUT2D eigenvalue weighted by Crippen LogP contribution is -2.35. The maximum Gasteiger partial charge on any atom is 0.261 e. The van der Waals surface area contributed by atoms with Gasteiger partial charge in [0.15, 0.2) is 17.6 Å². The normalized spacial score (nSPS) is 11.6. The number of methoxy groups -OCH3 is 2. The van der Waals surface area contributed by atoms with Gasteiger partial charge in [0.1, 0.15) is 5.75 Å². The minimum Gasteiger partial charge on any atom is -0.493 e. The summed E-state index contributed by atoms with van der Waals surface area (Å²) in [6.45, 7) is 1.99. The molecular weight excluding hydrogens is 365 g/mol. The van der Waals surface area contributed by atoms with E-state index in [-0.39, 0.29) is 5.91 Å². The number of carbonyl (C=O) groups excluding carboxylic acids is 1. The van der Waals surface area contributed by atoms with Crippen LogP contribution in [0.4, 0.5) is 0 Å². The Bertz CT molecular complexity index is 732. The van der Waals surface area contributed by atoms with E-state index in [0.29, 0.717) is 33.8 Å². The van der Waals surface area contributed by atoms with Crippen LogP contribution < -0.4 is 19.5 Å². The molecule has 0 radical (unpaired) electrons. The van der Waals surface area contributed by atoms with Gasteiger partial charge in [-0.3, -0.25) is 4.79 Å². The molecule has 0 fully saturated rings. The molecule has 1 atom stereocenters. The predicted molar refractivity (Wildman–Crippen MR) is 97.9 cm³/mol. The smallest absolute Gasteiger partial charge is 0.261 e. The standard InChI is InChI=1S/C18H19Cl2NO4/c1-11(25-15-8-13(19)7-14(20)9-15)18(22)21-10-12-4-5-16(23-2)17(6-12)24-3/h4-9,11H,10H2,1-3H3,(H,21,22). The van der Waals surface area contributed by atoms with Crippen LogP contribution in [0.25, 0.3) is 0 Å². The van der Waals surface area contributed by atoms with Crippen LogP contribution in [0.5, 0.6) is 17.2 Å². The lowest BCUT2D eigenvalue weighted by Gasteiger charge is -2.16. The Hall–Kier alpha value is -2.11. The van der Waals surface area contributed by atoms with Gasteiger partial charge in [-0.15, -0.1) is 0 Å². The van der Waals surface area contributed by atoms with E-state index < -0.39 is 6.10 Å². The molecule has 0 bridgehead atoms. The molecule has 2 aromatic rings. The molecule has 0 saturated heterocycles. The van der Waals surface area contributed by atoms with E-state index in [1.165, 1.54) is 0 Å². The summed E-state index contributed by atoms with van der Waals surface area (Å²) in [7, 11) is 3.13. The molecule has 7 heteroatoms. The Balaban J connectivity index is 1.95. The summed E-state index contributed by atoms with van der Waals surface area (Å²) in [5.74, 6) is 1.41. The average Bonchev–Trinajstić information content (AvgIpc) is 2.58. The van der Waals surface area contributed by atoms with Gasteiger partial charge in [-0.2, -0.15) is 0 Å². The number of benzene rings is 2. The number of nitrogens with one attached hydrogen (secondary N) is 1. The molecule has 2 rings (SSSR count). The molecule has 1 N–H and O–H groups in total. The fourth-order valence-corrected chi connectivity index (χ4v) is 2.68. The third-order valence-corrected chi connectivity index (χ3v) is 3.87. The highest BCUT2D eigenvalue weighted by Gasteiger charge is 2.15. The van der Waals surface area contributed by atoms with E-state index in [4.69, 9.17) is 37.4 Å². The SMILES string of the molecule is COc1ccc(CNC(=O)C(C)Oc2cc(Cl)cc(Cl)c2)cc1OC. The first-order chi connectivity index (χ1) is 11.9. The van der Waals surface area contributed by atoms with Crippen molar-refractivity contribution in [2.24, 2.45) is 0 Å². The topological polar surface area (TPSA) is 56.8 Å². The lowest BCUT2D eigenvalue weighted by molar-refractivity contribution is -0.127. The first kappa shape index (κ1) is 19.2. The quantitative estimate of drug-likeness (QED) is 0.781. The molecule has 0 spiro atoms. The summed E-state index contributed by atoms with van der Waals surface area (Å²) in [6.07, 6.45) is -0.699. The highest BCUT2D eigenvalue weighted by molar-refractivity contribution is 6.34. The van der Waals surface area contributed by atoms with Crippen molar-refractivity contribution in [3.63, 3.8) is 0 Å². The predicted octanol–water partition coefficient (Wildman–Crippen LogP) is 4.09. The van der Waals surface area contributed by atoms with Crippen molar-refractivity contribution in [2.45, 2.75) is 19.6 Å². The zero-order chi connectivity index (χ0) is 18.4. The summed E-state index contributed by atoms with van der Waals surface area (Å²) in [6, 6.07) is 10.2. The number of amides is 1. The van der Waals surface area contributed by atoms with Gasteiger partial charge in [-0.05, 0) is 42.8 Å². The van der Waals surface area contributed by atoms with Crippen LogP contribution in [0.2, 0.25) is 10.0 Å². The zero-order valence-electron chi connectivity index (χ0n) is 14.1. The van der Waals surface area contributed by atoms with Crippen LogP contribution in [-0.4, -0.2) is 26.2 Å². The second-order valence-electron chi connectivity index (χ2n) is 5.27. The number of rotatable bonds is 7. The van der Waals surface area contributed by atoms with Gasteiger partial charge < -0.3 is 19.5 Å². The van der Waals surface area contributed by atoms with Crippen LogP contribution >= 0.6 is 23.2 Å². The second-order valence-corrected chi connectivity index (χ2v) is 6.15. The van der Waals surface area contributed by atoms with Crippen LogP contribution in [-0.2, 0) is 11.3 Å². The van der Waals surface area contributed by atoms with Crippen molar-refractivity contribution in [2.75, 3.05) is 14.2 Å². The number of hydrogen-bond donors (Lipinski definition) is 1. The summed E-state index contributed by atoms with van der Waals surface area (Å²) < 4.78 is 16.0. The van der Waals surface area contributed by atoms with Crippen LogP contribution in [0.15, 0.2) is 36.4 Å². The van der Waals surface area contributed by atoms with Gasteiger partial charge in [-0.1, -0.05) is 29.3 Å². The van der Waals surface area contributed by atoms with Crippen molar-refractivity contribution >= 4 is 29.1 Å². The summed E-state index contributed by atoms with van der Waals surface area (Å²) in [5.41, 5.74) is 0.879. The van der Waals surface area contributed by atoms with E-state index >= 15 is 0 Å².